The fourth-order valence-corrected chi connectivity index (χ4v) is 5.04. The van der Waals surface area contributed by atoms with E-state index in [2.05, 4.69) is 10.3 Å². The molecule has 1 aromatic carbocycles. The third kappa shape index (κ3) is 3.09. The zero-order valence-electron chi connectivity index (χ0n) is 13.1. The summed E-state index contributed by atoms with van der Waals surface area (Å²) in [5.41, 5.74) is 2.41. The second-order valence-corrected chi connectivity index (χ2v) is 7.78. The molecule has 0 unspecified atom stereocenters. The summed E-state index contributed by atoms with van der Waals surface area (Å²) in [4.78, 5) is 4.08. The first kappa shape index (κ1) is 16.0. The highest BCUT2D eigenvalue weighted by molar-refractivity contribution is 7.93. The molecule has 6 heteroatoms. The van der Waals surface area contributed by atoms with Crippen LogP contribution in [-0.2, 0) is 16.4 Å². The molecule has 0 saturated carbocycles. The van der Waals surface area contributed by atoms with Gasteiger partial charge in [0.05, 0.1) is 22.8 Å². The van der Waals surface area contributed by atoms with Gasteiger partial charge in [-0.25, -0.2) is 12.7 Å². The van der Waals surface area contributed by atoms with Gasteiger partial charge in [0.2, 0.25) is 10.0 Å². The van der Waals surface area contributed by atoms with Crippen LogP contribution in [0, 0.1) is 0 Å². The molecule has 0 radical (unpaired) electrons. The van der Waals surface area contributed by atoms with Gasteiger partial charge in [0, 0.05) is 6.20 Å². The van der Waals surface area contributed by atoms with Crippen LogP contribution >= 0.6 is 0 Å². The Balaban J connectivity index is 2.04. The number of aromatic nitrogens is 1. The molecule has 0 spiro atoms. The number of benzene rings is 1. The normalized spacial score (nSPS) is 19.3. The lowest BCUT2D eigenvalue weighted by atomic mass is 10.0. The average molecular weight is 331 g/mol. The van der Waals surface area contributed by atoms with Crippen LogP contribution in [0.25, 0.3) is 0 Å². The van der Waals surface area contributed by atoms with Gasteiger partial charge in [0.1, 0.15) is 0 Å². The maximum atomic E-state index is 13.1. The van der Waals surface area contributed by atoms with E-state index < -0.39 is 15.3 Å². The molecular weight excluding hydrogens is 310 g/mol. The summed E-state index contributed by atoms with van der Waals surface area (Å²) < 4.78 is 27.8. The quantitative estimate of drug-likeness (QED) is 0.855. The number of nitrogens with one attached hydrogen (secondary N) is 1. The molecule has 23 heavy (non-hydrogen) atoms. The van der Waals surface area contributed by atoms with E-state index in [0.717, 1.165) is 24.2 Å². The second-order valence-electron chi connectivity index (χ2n) is 5.72. The first-order valence-electron chi connectivity index (χ1n) is 7.81. The molecule has 122 valence electrons. The highest BCUT2D eigenvalue weighted by Gasteiger charge is 2.38. The minimum atomic E-state index is -3.45. The molecule has 5 nitrogen and oxygen atoms in total. The molecule has 0 fully saturated rings. The fourth-order valence-electron chi connectivity index (χ4n) is 3.04. The molecule has 2 aromatic rings. The largest absolute Gasteiger partial charge is 0.320 e. The zero-order valence-corrected chi connectivity index (χ0v) is 14.0. The van der Waals surface area contributed by atoms with E-state index in [-0.39, 0.29) is 0 Å². The van der Waals surface area contributed by atoms with Crippen LogP contribution in [0.3, 0.4) is 0 Å². The molecule has 1 atom stereocenters. The van der Waals surface area contributed by atoms with Crippen LogP contribution in [0.5, 0.6) is 0 Å². The summed E-state index contributed by atoms with van der Waals surface area (Å²) in [5.74, 6) is 0. The van der Waals surface area contributed by atoms with Crippen molar-refractivity contribution in [3.8, 4) is 0 Å². The summed E-state index contributed by atoms with van der Waals surface area (Å²) >= 11 is 0. The summed E-state index contributed by atoms with van der Waals surface area (Å²) in [7, 11) is -1.56. The molecule has 1 aliphatic heterocycles. The molecule has 2 heterocycles. The Kier molecular flexibility index (Phi) is 4.63. The van der Waals surface area contributed by atoms with Gasteiger partial charge in [-0.2, -0.15) is 0 Å². The van der Waals surface area contributed by atoms with Crippen molar-refractivity contribution in [3.05, 3.63) is 54.4 Å². The predicted molar refractivity (Wildman–Crippen MR) is 92.4 cm³/mol. The van der Waals surface area contributed by atoms with Gasteiger partial charge in [0.25, 0.3) is 0 Å². The lowest BCUT2D eigenvalue weighted by Gasteiger charge is -2.35. The summed E-state index contributed by atoms with van der Waals surface area (Å²) in [6.45, 7) is 0.820. The van der Waals surface area contributed by atoms with Crippen LogP contribution < -0.4 is 9.62 Å². The van der Waals surface area contributed by atoms with Gasteiger partial charge in [-0.05, 0) is 56.6 Å². The van der Waals surface area contributed by atoms with E-state index in [1.165, 1.54) is 4.31 Å². The number of fused-ring (bicyclic) bond motifs is 1. The maximum Gasteiger partial charge on any atom is 0.242 e. The minimum Gasteiger partial charge on any atom is -0.320 e. The smallest absolute Gasteiger partial charge is 0.242 e. The van der Waals surface area contributed by atoms with E-state index in [9.17, 15) is 8.42 Å². The van der Waals surface area contributed by atoms with Gasteiger partial charge in [0.15, 0.2) is 0 Å². The van der Waals surface area contributed by atoms with Crippen LogP contribution in [0.15, 0.2) is 48.8 Å². The van der Waals surface area contributed by atoms with E-state index in [0.29, 0.717) is 18.5 Å². The van der Waals surface area contributed by atoms with Crippen molar-refractivity contribution < 1.29 is 8.42 Å². The molecule has 0 saturated heterocycles. The predicted octanol–water partition coefficient (Wildman–Crippen LogP) is 2.47. The van der Waals surface area contributed by atoms with Gasteiger partial charge in [-0.1, -0.05) is 18.2 Å². The Morgan fingerprint density at radius 3 is 2.83 bits per heavy atom. The molecule has 0 bridgehead atoms. The lowest BCUT2D eigenvalue weighted by molar-refractivity contribution is 0.554. The summed E-state index contributed by atoms with van der Waals surface area (Å²) in [6, 6.07) is 11.3. The number of pyridine rings is 1. The Morgan fingerprint density at radius 1 is 1.26 bits per heavy atom. The minimum absolute atomic E-state index is 0.397. The van der Waals surface area contributed by atoms with Crippen molar-refractivity contribution in [1.82, 2.24) is 10.3 Å². The van der Waals surface area contributed by atoms with Crippen molar-refractivity contribution in [1.29, 1.82) is 0 Å². The molecule has 1 aromatic heterocycles. The van der Waals surface area contributed by atoms with Crippen LogP contribution in [0.4, 0.5) is 11.4 Å². The topological polar surface area (TPSA) is 62.3 Å². The van der Waals surface area contributed by atoms with Crippen LogP contribution in [0.2, 0.25) is 0 Å². The van der Waals surface area contributed by atoms with Crippen molar-refractivity contribution in [2.75, 3.05) is 17.9 Å². The number of sulfonamides is 1. The number of rotatable bonds is 5. The third-order valence-electron chi connectivity index (χ3n) is 4.17. The first-order valence-corrected chi connectivity index (χ1v) is 9.31. The standard InChI is InChI=1S/C17H21N3O2S/c1-18-10-5-8-16-12-14-6-2-3-9-17(14)20(23(16,21)22)15-7-4-11-19-13-15/h2-4,6-7,9,11,13,16,18H,5,8,10,12H2,1H3/t16-/m0/s1. The van der Waals surface area contributed by atoms with E-state index >= 15 is 0 Å². The van der Waals surface area contributed by atoms with Gasteiger partial charge >= 0.3 is 0 Å². The molecule has 0 aliphatic carbocycles. The molecule has 1 aliphatic rings. The Bertz CT molecular complexity index is 762. The first-order chi connectivity index (χ1) is 11.1. The Morgan fingerprint density at radius 2 is 2.09 bits per heavy atom. The van der Waals surface area contributed by atoms with E-state index in [4.69, 9.17) is 0 Å². The lowest BCUT2D eigenvalue weighted by Crippen LogP contribution is -2.41. The van der Waals surface area contributed by atoms with E-state index in [1.54, 1.807) is 24.5 Å². The SMILES string of the molecule is CNCCC[C@H]1Cc2ccccc2N(c2cccnc2)S1(=O)=O. The summed E-state index contributed by atoms with van der Waals surface area (Å²) in [5, 5.41) is 2.68. The van der Waals surface area contributed by atoms with Gasteiger partial charge in [-0.15, -0.1) is 0 Å². The highest BCUT2D eigenvalue weighted by Crippen LogP contribution is 2.39. The number of para-hydroxylation sites is 1. The highest BCUT2D eigenvalue weighted by atomic mass is 32.2. The van der Waals surface area contributed by atoms with Crippen LogP contribution in [0.1, 0.15) is 18.4 Å². The maximum absolute atomic E-state index is 13.1. The zero-order chi connectivity index (χ0) is 16.3. The van der Waals surface area contributed by atoms with E-state index in [1.807, 2.05) is 31.3 Å². The third-order valence-corrected chi connectivity index (χ3v) is 6.33. The molecule has 3 rings (SSSR count). The summed E-state index contributed by atoms with van der Waals surface area (Å²) in [6.07, 6.45) is 5.30. The van der Waals surface area contributed by atoms with Crippen molar-refractivity contribution in [2.24, 2.45) is 0 Å². The Labute approximate surface area is 137 Å². The average Bonchev–Trinajstić information content (AvgIpc) is 2.56. The van der Waals surface area contributed by atoms with Crippen molar-refractivity contribution in [3.63, 3.8) is 0 Å². The number of nitrogens with zero attached hydrogens (tertiary/aromatic N) is 2. The van der Waals surface area contributed by atoms with Gasteiger partial charge in [-0.3, -0.25) is 4.98 Å². The van der Waals surface area contributed by atoms with Crippen molar-refractivity contribution >= 4 is 21.4 Å². The monoisotopic (exact) mass is 331 g/mol. The van der Waals surface area contributed by atoms with Crippen molar-refractivity contribution in [2.45, 2.75) is 24.5 Å². The molecule has 0 amide bonds. The fraction of sp³-hybridized carbons (Fsp3) is 0.353. The number of hydrogen-bond acceptors (Lipinski definition) is 4. The number of anilines is 2. The van der Waals surface area contributed by atoms with Crippen LogP contribution in [-0.4, -0.2) is 32.2 Å². The molecular formula is C17H21N3O2S. The second kappa shape index (κ2) is 6.68. The number of hydrogen-bond donors (Lipinski definition) is 1. The van der Waals surface area contributed by atoms with Gasteiger partial charge < -0.3 is 5.32 Å². The Hall–Kier alpha value is -1.92. The molecule has 1 N–H and O–H groups in total.